The van der Waals surface area contributed by atoms with Crippen molar-refractivity contribution in [2.45, 2.75) is 25.9 Å². The number of halogens is 1. The van der Waals surface area contributed by atoms with E-state index in [9.17, 15) is 4.39 Å². The highest BCUT2D eigenvalue weighted by atomic mass is 19.1. The van der Waals surface area contributed by atoms with Gasteiger partial charge in [-0.05, 0) is 36.1 Å². The van der Waals surface area contributed by atoms with Crippen molar-refractivity contribution in [2.75, 3.05) is 13.1 Å². The predicted octanol–water partition coefficient (Wildman–Crippen LogP) is 2.54. The molecule has 1 fully saturated rings. The van der Waals surface area contributed by atoms with Gasteiger partial charge in [-0.1, -0.05) is 13.0 Å². The van der Waals surface area contributed by atoms with Crippen molar-refractivity contribution >= 4 is 10.9 Å². The molecule has 106 valence electrons. The maximum atomic E-state index is 13.7. The third kappa shape index (κ3) is 2.81. The van der Waals surface area contributed by atoms with Gasteiger partial charge >= 0.3 is 0 Å². The van der Waals surface area contributed by atoms with Gasteiger partial charge in [0.2, 0.25) is 0 Å². The largest absolute Gasteiger partial charge is 0.327 e. The highest BCUT2D eigenvalue weighted by Crippen LogP contribution is 2.22. The Balaban J connectivity index is 1.90. The number of rotatable bonds is 2. The van der Waals surface area contributed by atoms with Crippen LogP contribution in [0.15, 0.2) is 30.5 Å². The number of pyridine rings is 1. The van der Waals surface area contributed by atoms with E-state index in [0.29, 0.717) is 12.5 Å². The Bertz CT molecular complexity index is 604. The maximum absolute atomic E-state index is 13.7. The number of nitrogens with two attached hydrogens (primary N) is 1. The molecule has 2 atom stereocenters. The summed E-state index contributed by atoms with van der Waals surface area (Å²) >= 11 is 0. The lowest BCUT2D eigenvalue weighted by molar-refractivity contribution is 0.159. The van der Waals surface area contributed by atoms with E-state index in [2.05, 4.69) is 16.8 Å². The third-order valence-electron chi connectivity index (χ3n) is 3.91. The maximum Gasteiger partial charge on any atom is 0.124 e. The first-order chi connectivity index (χ1) is 9.61. The summed E-state index contributed by atoms with van der Waals surface area (Å²) in [4.78, 5) is 6.71. The van der Waals surface area contributed by atoms with Crippen LogP contribution < -0.4 is 5.73 Å². The molecule has 2 aromatic rings. The summed E-state index contributed by atoms with van der Waals surface area (Å²) in [7, 11) is 0. The average molecular weight is 273 g/mol. The fraction of sp³-hybridized carbons (Fsp3) is 0.438. The Kier molecular flexibility index (Phi) is 3.68. The van der Waals surface area contributed by atoms with Crippen molar-refractivity contribution in [3.05, 3.63) is 41.8 Å². The minimum absolute atomic E-state index is 0.199. The van der Waals surface area contributed by atoms with Crippen LogP contribution in [0, 0.1) is 11.7 Å². The Morgan fingerprint density at radius 3 is 3.05 bits per heavy atom. The van der Waals surface area contributed by atoms with Gasteiger partial charge in [-0.25, -0.2) is 4.39 Å². The van der Waals surface area contributed by atoms with Gasteiger partial charge in [0.1, 0.15) is 5.82 Å². The summed E-state index contributed by atoms with van der Waals surface area (Å²) in [6.07, 6.45) is 2.83. The van der Waals surface area contributed by atoms with E-state index in [0.717, 1.165) is 36.0 Å². The molecule has 0 amide bonds. The van der Waals surface area contributed by atoms with E-state index < -0.39 is 0 Å². The van der Waals surface area contributed by atoms with Crippen molar-refractivity contribution in [1.29, 1.82) is 0 Å². The van der Waals surface area contributed by atoms with Crippen LogP contribution in [-0.2, 0) is 6.54 Å². The summed E-state index contributed by atoms with van der Waals surface area (Å²) in [6.45, 7) is 4.81. The molecule has 1 aliphatic rings. The number of hydrogen-bond donors (Lipinski definition) is 1. The van der Waals surface area contributed by atoms with Gasteiger partial charge in [0.15, 0.2) is 0 Å². The van der Waals surface area contributed by atoms with Crippen LogP contribution in [0.4, 0.5) is 4.39 Å². The second-order valence-corrected chi connectivity index (χ2v) is 5.94. The molecule has 1 aromatic carbocycles. The number of benzene rings is 1. The molecule has 3 rings (SSSR count). The van der Waals surface area contributed by atoms with E-state index in [-0.39, 0.29) is 11.9 Å². The van der Waals surface area contributed by atoms with Gasteiger partial charge in [0.25, 0.3) is 0 Å². The zero-order valence-corrected chi connectivity index (χ0v) is 11.7. The zero-order chi connectivity index (χ0) is 14.1. The third-order valence-corrected chi connectivity index (χ3v) is 3.91. The fourth-order valence-electron chi connectivity index (χ4n) is 3.23. The van der Waals surface area contributed by atoms with Crippen LogP contribution in [0.1, 0.15) is 18.9 Å². The molecule has 1 aromatic heterocycles. The molecule has 0 spiro atoms. The second-order valence-electron chi connectivity index (χ2n) is 5.94. The van der Waals surface area contributed by atoms with Gasteiger partial charge < -0.3 is 5.73 Å². The van der Waals surface area contributed by atoms with E-state index in [1.54, 1.807) is 12.3 Å². The average Bonchev–Trinajstić information content (AvgIpc) is 2.37. The van der Waals surface area contributed by atoms with Crippen LogP contribution in [0.3, 0.4) is 0 Å². The van der Waals surface area contributed by atoms with E-state index in [4.69, 9.17) is 5.73 Å². The van der Waals surface area contributed by atoms with Crippen LogP contribution in [-0.4, -0.2) is 29.0 Å². The Morgan fingerprint density at radius 1 is 1.40 bits per heavy atom. The SMILES string of the molecule is CC1CC(N)CN(Cc2cc(F)cc3cccnc23)C1. The number of aromatic nitrogens is 1. The summed E-state index contributed by atoms with van der Waals surface area (Å²) in [6, 6.07) is 7.09. The van der Waals surface area contributed by atoms with Gasteiger partial charge in [-0.3, -0.25) is 9.88 Å². The molecular weight excluding hydrogens is 253 g/mol. The van der Waals surface area contributed by atoms with Crippen molar-refractivity contribution in [3.8, 4) is 0 Å². The van der Waals surface area contributed by atoms with Gasteiger partial charge in [-0.15, -0.1) is 0 Å². The fourth-order valence-corrected chi connectivity index (χ4v) is 3.23. The van der Waals surface area contributed by atoms with E-state index >= 15 is 0 Å². The molecule has 2 heterocycles. The molecule has 1 saturated heterocycles. The minimum atomic E-state index is -0.199. The molecule has 0 radical (unpaired) electrons. The first kappa shape index (κ1) is 13.5. The normalized spacial score (nSPS) is 24.1. The van der Waals surface area contributed by atoms with Gasteiger partial charge in [0, 0.05) is 37.3 Å². The first-order valence-corrected chi connectivity index (χ1v) is 7.13. The quantitative estimate of drug-likeness (QED) is 0.914. The summed E-state index contributed by atoms with van der Waals surface area (Å²) < 4.78 is 13.7. The molecular formula is C16H20FN3. The van der Waals surface area contributed by atoms with Gasteiger partial charge in [0.05, 0.1) is 5.52 Å². The van der Waals surface area contributed by atoms with E-state index in [1.165, 1.54) is 6.07 Å². The molecule has 1 aliphatic heterocycles. The summed E-state index contributed by atoms with van der Waals surface area (Å²) in [5.74, 6) is 0.390. The Morgan fingerprint density at radius 2 is 2.25 bits per heavy atom. The topological polar surface area (TPSA) is 42.1 Å². The predicted molar refractivity (Wildman–Crippen MR) is 78.7 cm³/mol. The summed E-state index contributed by atoms with van der Waals surface area (Å²) in [5.41, 5.74) is 7.92. The Hall–Kier alpha value is -1.52. The highest BCUT2D eigenvalue weighted by Gasteiger charge is 2.22. The molecule has 0 bridgehead atoms. The number of nitrogens with zero attached hydrogens (tertiary/aromatic N) is 2. The monoisotopic (exact) mass is 273 g/mol. The van der Waals surface area contributed by atoms with Crippen LogP contribution in [0.5, 0.6) is 0 Å². The van der Waals surface area contributed by atoms with Crippen LogP contribution >= 0.6 is 0 Å². The van der Waals surface area contributed by atoms with Crippen molar-refractivity contribution in [1.82, 2.24) is 9.88 Å². The lowest BCUT2D eigenvalue weighted by Gasteiger charge is -2.34. The minimum Gasteiger partial charge on any atom is -0.327 e. The summed E-state index contributed by atoms with van der Waals surface area (Å²) in [5, 5.41) is 0.858. The van der Waals surface area contributed by atoms with Crippen molar-refractivity contribution in [2.24, 2.45) is 11.7 Å². The van der Waals surface area contributed by atoms with Crippen LogP contribution in [0.2, 0.25) is 0 Å². The molecule has 0 saturated carbocycles. The second kappa shape index (κ2) is 5.46. The first-order valence-electron chi connectivity index (χ1n) is 7.13. The molecule has 20 heavy (non-hydrogen) atoms. The zero-order valence-electron chi connectivity index (χ0n) is 11.7. The lowest BCUT2D eigenvalue weighted by atomic mass is 9.96. The van der Waals surface area contributed by atoms with Crippen LogP contribution in [0.25, 0.3) is 10.9 Å². The van der Waals surface area contributed by atoms with Crippen molar-refractivity contribution < 1.29 is 4.39 Å². The number of fused-ring (bicyclic) bond motifs is 1. The van der Waals surface area contributed by atoms with Crippen molar-refractivity contribution in [3.63, 3.8) is 0 Å². The number of piperidine rings is 1. The standard InChI is InChI=1S/C16H20FN3/c1-11-5-15(18)10-20(8-11)9-13-7-14(17)6-12-3-2-4-19-16(12)13/h2-4,6-7,11,15H,5,8-10,18H2,1H3. The van der Waals surface area contributed by atoms with E-state index in [1.807, 2.05) is 12.1 Å². The Labute approximate surface area is 118 Å². The highest BCUT2D eigenvalue weighted by molar-refractivity contribution is 5.81. The molecule has 2 N–H and O–H groups in total. The number of likely N-dealkylation sites (tertiary alicyclic amines) is 1. The molecule has 3 nitrogen and oxygen atoms in total. The molecule has 2 unspecified atom stereocenters. The lowest BCUT2D eigenvalue weighted by Crippen LogP contribution is -2.45. The van der Waals surface area contributed by atoms with Gasteiger partial charge in [-0.2, -0.15) is 0 Å². The molecule has 4 heteroatoms. The smallest absolute Gasteiger partial charge is 0.124 e. The number of hydrogen-bond acceptors (Lipinski definition) is 3. The molecule has 0 aliphatic carbocycles.